The lowest BCUT2D eigenvalue weighted by atomic mass is 9.69. The summed E-state index contributed by atoms with van der Waals surface area (Å²) >= 11 is 0. The molecule has 2 heteroatoms. The molecule has 0 unspecified atom stereocenters. The van der Waals surface area contributed by atoms with Crippen molar-refractivity contribution >= 4 is 5.91 Å². The van der Waals surface area contributed by atoms with Crippen molar-refractivity contribution in [3.05, 3.63) is 35.9 Å². The fourth-order valence-electron chi connectivity index (χ4n) is 1.81. The van der Waals surface area contributed by atoms with Crippen molar-refractivity contribution < 1.29 is 4.79 Å². The highest BCUT2D eigenvalue weighted by Crippen LogP contribution is 2.34. The summed E-state index contributed by atoms with van der Waals surface area (Å²) in [7, 11) is 0. The fraction of sp³-hybridized carbons (Fsp3) is 0.650. The maximum absolute atomic E-state index is 11.2. The molecule has 0 heterocycles. The van der Waals surface area contributed by atoms with Crippen LogP contribution in [0.5, 0.6) is 0 Å². The van der Waals surface area contributed by atoms with Crippen LogP contribution < -0.4 is 5.32 Å². The van der Waals surface area contributed by atoms with E-state index in [9.17, 15) is 4.79 Å². The van der Waals surface area contributed by atoms with Crippen LogP contribution in [0.3, 0.4) is 0 Å². The summed E-state index contributed by atoms with van der Waals surface area (Å²) in [4.78, 5) is 11.2. The topological polar surface area (TPSA) is 29.1 Å². The van der Waals surface area contributed by atoms with E-state index in [-0.39, 0.29) is 16.9 Å². The lowest BCUT2D eigenvalue weighted by Crippen LogP contribution is -2.55. The summed E-state index contributed by atoms with van der Waals surface area (Å²) in [5.41, 5.74) is 0.842. The van der Waals surface area contributed by atoms with Gasteiger partial charge in [0.2, 0.25) is 5.91 Å². The first-order valence-corrected chi connectivity index (χ1v) is 8.61. The molecule has 0 bridgehead atoms. The van der Waals surface area contributed by atoms with Crippen molar-refractivity contribution in [2.75, 3.05) is 0 Å². The Hall–Kier alpha value is -1.31. The Morgan fingerprint density at radius 1 is 0.818 bits per heavy atom. The zero-order valence-corrected chi connectivity index (χ0v) is 16.8. The predicted octanol–water partition coefficient (Wildman–Crippen LogP) is 5.96. The highest BCUT2D eigenvalue weighted by Gasteiger charge is 2.38. The van der Waals surface area contributed by atoms with Crippen LogP contribution in [-0.4, -0.2) is 11.4 Å². The molecule has 2 nitrogen and oxygen atoms in total. The molecular weight excluding hydrogens is 270 g/mol. The summed E-state index contributed by atoms with van der Waals surface area (Å²) in [6, 6.07) is 10.3. The number of hydrogen-bond acceptors (Lipinski definition) is 1. The number of rotatable bonds is 3. The fourth-order valence-corrected chi connectivity index (χ4v) is 1.81. The molecule has 0 aliphatic heterocycles. The van der Waals surface area contributed by atoms with Gasteiger partial charge in [-0.3, -0.25) is 4.79 Å². The van der Waals surface area contributed by atoms with Crippen LogP contribution in [0, 0.1) is 0 Å². The second-order valence-corrected chi connectivity index (χ2v) is 5.30. The van der Waals surface area contributed by atoms with Crippen molar-refractivity contribution in [1.82, 2.24) is 5.32 Å². The Morgan fingerprint density at radius 2 is 1.18 bits per heavy atom. The minimum absolute atomic E-state index is 0.00834. The van der Waals surface area contributed by atoms with E-state index in [1.54, 1.807) is 6.92 Å². The molecule has 0 atom stereocenters. The molecule has 0 aromatic heterocycles. The number of carbonyl (C=O) groups is 1. The van der Waals surface area contributed by atoms with Crippen LogP contribution >= 0.6 is 0 Å². The standard InChI is InChI=1S/C14H21NO.3C2H6/c1-11(16)15-14(4,5)13(2,3)12-9-7-6-8-10-12;3*1-2/h6-10H,1-5H3,(H,15,16);3*1-2H3. The third-order valence-electron chi connectivity index (χ3n) is 3.55. The first kappa shape index (κ1) is 25.6. The van der Waals surface area contributed by atoms with Crippen molar-refractivity contribution in [3.8, 4) is 0 Å². The molecule has 1 amide bonds. The monoisotopic (exact) mass is 309 g/mol. The number of benzene rings is 1. The highest BCUT2D eigenvalue weighted by molar-refractivity contribution is 5.74. The Bertz CT molecular complexity index is 367. The summed E-state index contributed by atoms with van der Waals surface area (Å²) in [6.07, 6.45) is 0. The molecule has 1 rings (SSSR count). The van der Waals surface area contributed by atoms with Gasteiger partial charge >= 0.3 is 0 Å². The quantitative estimate of drug-likeness (QED) is 0.733. The lowest BCUT2D eigenvalue weighted by molar-refractivity contribution is -0.121. The average molecular weight is 310 g/mol. The predicted molar refractivity (Wildman–Crippen MR) is 101 cm³/mol. The first-order chi connectivity index (χ1) is 10.3. The van der Waals surface area contributed by atoms with Crippen LogP contribution in [-0.2, 0) is 10.2 Å². The van der Waals surface area contributed by atoms with Gasteiger partial charge < -0.3 is 5.32 Å². The van der Waals surface area contributed by atoms with Crippen molar-refractivity contribution in [3.63, 3.8) is 0 Å². The maximum Gasteiger partial charge on any atom is 0.217 e. The first-order valence-electron chi connectivity index (χ1n) is 8.61. The zero-order chi connectivity index (χ0) is 18.4. The largest absolute Gasteiger partial charge is 0.351 e. The molecule has 0 aliphatic carbocycles. The van der Waals surface area contributed by atoms with Crippen molar-refractivity contribution in [1.29, 1.82) is 0 Å². The molecule has 0 aliphatic rings. The molecule has 0 saturated carbocycles. The average Bonchev–Trinajstić information content (AvgIpc) is 2.53. The number of hydrogen-bond donors (Lipinski definition) is 1. The second kappa shape index (κ2) is 13.4. The molecule has 1 aromatic carbocycles. The number of carbonyl (C=O) groups excluding carboxylic acids is 1. The molecule has 22 heavy (non-hydrogen) atoms. The van der Waals surface area contributed by atoms with Crippen LogP contribution in [0.15, 0.2) is 30.3 Å². The molecule has 0 spiro atoms. The van der Waals surface area contributed by atoms with E-state index >= 15 is 0 Å². The van der Waals surface area contributed by atoms with Crippen molar-refractivity contribution in [2.24, 2.45) is 0 Å². The van der Waals surface area contributed by atoms with Crippen molar-refractivity contribution in [2.45, 2.75) is 87.1 Å². The third kappa shape index (κ3) is 8.21. The van der Waals surface area contributed by atoms with Crippen LogP contribution in [0.4, 0.5) is 0 Å². The molecule has 130 valence electrons. The van der Waals surface area contributed by atoms with Gasteiger partial charge in [0.15, 0.2) is 0 Å². The highest BCUT2D eigenvalue weighted by atomic mass is 16.1. The van der Waals surface area contributed by atoms with E-state index < -0.39 is 0 Å². The zero-order valence-electron chi connectivity index (χ0n) is 16.8. The van der Waals surface area contributed by atoms with Crippen LogP contribution in [0.1, 0.15) is 81.7 Å². The van der Waals surface area contributed by atoms with Gasteiger partial charge in [0.1, 0.15) is 0 Å². The van der Waals surface area contributed by atoms with E-state index in [1.165, 1.54) is 5.56 Å². The van der Waals surface area contributed by atoms with Crippen LogP contribution in [0.2, 0.25) is 0 Å². The van der Waals surface area contributed by atoms with Gasteiger partial charge in [0, 0.05) is 17.9 Å². The Morgan fingerprint density at radius 3 is 1.50 bits per heavy atom. The normalized spacial score (nSPS) is 9.77. The second-order valence-electron chi connectivity index (χ2n) is 5.30. The summed E-state index contributed by atoms with van der Waals surface area (Å²) in [5.74, 6) is 0.00834. The number of nitrogens with one attached hydrogen (secondary N) is 1. The van der Waals surface area contributed by atoms with E-state index in [0.29, 0.717) is 0 Å². The van der Waals surface area contributed by atoms with E-state index in [0.717, 1.165) is 0 Å². The molecule has 0 radical (unpaired) electrons. The molecule has 0 saturated heterocycles. The molecule has 0 fully saturated rings. The maximum atomic E-state index is 11.2. The smallest absolute Gasteiger partial charge is 0.217 e. The lowest BCUT2D eigenvalue weighted by Gasteiger charge is -2.42. The van der Waals surface area contributed by atoms with Gasteiger partial charge in [-0.25, -0.2) is 0 Å². The third-order valence-corrected chi connectivity index (χ3v) is 3.55. The minimum Gasteiger partial charge on any atom is -0.351 e. The van der Waals surface area contributed by atoms with Gasteiger partial charge in [0.05, 0.1) is 0 Å². The number of amides is 1. The van der Waals surface area contributed by atoms with Gasteiger partial charge in [0.25, 0.3) is 0 Å². The Kier molecular flexibility index (Phi) is 15.6. The Balaban J connectivity index is -0.000000535. The van der Waals surface area contributed by atoms with E-state index in [1.807, 2.05) is 59.7 Å². The Labute approximate surface area is 139 Å². The van der Waals surface area contributed by atoms with Gasteiger partial charge in [-0.1, -0.05) is 85.7 Å². The molecule has 1 N–H and O–H groups in total. The summed E-state index contributed by atoms with van der Waals surface area (Å²) < 4.78 is 0. The van der Waals surface area contributed by atoms with Gasteiger partial charge in [-0.15, -0.1) is 0 Å². The van der Waals surface area contributed by atoms with Crippen LogP contribution in [0.25, 0.3) is 0 Å². The van der Waals surface area contributed by atoms with Gasteiger partial charge in [-0.05, 0) is 19.4 Å². The summed E-state index contributed by atoms with van der Waals surface area (Å²) in [6.45, 7) is 22.0. The van der Waals surface area contributed by atoms with E-state index in [2.05, 4.69) is 45.1 Å². The SMILES string of the molecule is CC.CC.CC.CC(=O)NC(C)(C)C(C)(C)c1ccccc1. The van der Waals surface area contributed by atoms with E-state index in [4.69, 9.17) is 0 Å². The minimum atomic E-state index is -0.278. The summed E-state index contributed by atoms with van der Waals surface area (Å²) in [5, 5.41) is 3.02. The van der Waals surface area contributed by atoms with Gasteiger partial charge in [-0.2, -0.15) is 0 Å². The molecular formula is C20H39NO. The molecule has 1 aromatic rings.